The number of nitrogens with one attached hydrogen (secondary N) is 1. The molecule has 0 fully saturated rings. The number of phenols is 1. The van der Waals surface area contributed by atoms with Gasteiger partial charge in [-0.1, -0.05) is 17.7 Å². The number of carbonyl (C=O) groups excluding carboxylic acids is 1. The summed E-state index contributed by atoms with van der Waals surface area (Å²) in [4.78, 5) is 12.1. The zero-order valence-corrected chi connectivity index (χ0v) is 11.6. The summed E-state index contributed by atoms with van der Waals surface area (Å²) in [5, 5.41) is 12.5. The Morgan fingerprint density at radius 3 is 2.86 bits per heavy atom. The first-order valence-corrected chi connectivity index (χ1v) is 6.60. The second kappa shape index (κ2) is 5.36. The summed E-state index contributed by atoms with van der Waals surface area (Å²) in [6.45, 7) is 2.44. The molecule has 2 N–H and O–H groups in total. The van der Waals surface area contributed by atoms with Crippen LogP contribution in [-0.4, -0.2) is 17.8 Å². The SMILES string of the molecule is Cc1ccc(O)c(C(=O)NCc2ccc3c(c2)OCO3)c1. The van der Waals surface area contributed by atoms with E-state index in [1.165, 1.54) is 6.07 Å². The maximum Gasteiger partial charge on any atom is 0.255 e. The molecular weight excluding hydrogens is 270 g/mol. The Balaban J connectivity index is 1.70. The molecule has 0 aliphatic carbocycles. The van der Waals surface area contributed by atoms with E-state index in [0.29, 0.717) is 18.0 Å². The highest BCUT2D eigenvalue weighted by Crippen LogP contribution is 2.32. The van der Waals surface area contributed by atoms with Crippen LogP contribution in [-0.2, 0) is 6.54 Å². The van der Waals surface area contributed by atoms with Gasteiger partial charge in [0.05, 0.1) is 5.56 Å². The molecule has 108 valence electrons. The number of ether oxygens (including phenoxy) is 2. The summed E-state index contributed by atoms with van der Waals surface area (Å²) < 4.78 is 10.5. The second-order valence-electron chi connectivity index (χ2n) is 4.89. The van der Waals surface area contributed by atoms with Crippen molar-refractivity contribution in [3.05, 3.63) is 53.1 Å². The van der Waals surface area contributed by atoms with Crippen LogP contribution in [0.15, 0.2) is 36.4 Å². The van der Waals surface area contributed by atoms with Gasteiger partial charge in [0.2, 0.25) is 6.79 Å². The van der Waals surface area contributed by atoms with Gasteiger partial charge in [-0.2, -0.15) is 0 Å². The highest BCUT2D eigenvalue weighted by Gasteiger charge is 2.14. The lowest BCUT2D eigenvalue weighted by molar-refractivity contribution is 0.0948. The summed E-state index contributed by atoms with van der Waals surface area (Å²) >= 11 is 0. The maximum atomic E-state index is 12.1. The van der Waals surface area contributed by atoms with E-state index in [1.807, 2.05) is 25.1 Å². The van der Waals surface area contributed by atoms with Crippen molar-refractivity contribution in [2.24, 2.45) is 0 Å². The van der Waals surface area contributed by atoms with Crippen LogP contribution in [0.4, 0.5) is 0 Å². The molecular formula is C16H15NO4. The van der Waals surface area contributed by atoms with Crippen molar-refractivity contribution < 1.29 is 19.4 Å². The van der Waals surface area contributed by atoms with E-state index < -0.39 is 0 Å². The van der Waals surface area contributed by atoms with Gasteiger partial charge in [0, 0.05) is 6.54 Å². The number of aryl methyl sites for hydroxylation is 1. The van der Waals surface area contributed by atoms with Crippen molar-refractivity contribution >= 4 is 5.91 Å². The molecule has 0 saturated carbocycles. The Hall–Kier alpha value is -2.69. The molecule has 1 heterocycles. The van der Waals surface area contributed by atoms with E-state index in [-0.39, 0.29) is 24.0 Å². The molecule has 2 aromatic rings. The standard InChI is InChI=1S/C16H15NO4/c1-10-2-4-13(18)12(6-10)16(19)17-8-11-3-5-14-15(7-11)21-9-20-14/h2-7,18H,8-9H2,1H3,(H,17,19). The van der Waals surface area contributed by atoms with E-state index >= 15 is 0 Å². The molecule has 1 aliphatic heterocycles. The normalized spacial score (nSPS) is 12.2. The van der Waals surface area contributed by atoms with E-state index in [1.54, 1.807) is 12.1 Å². The van der Waals surface area contributed by atoms with E-state index in [9.17, 15) is 9.90 Å². The van der Waals surface area contributed by atoms with Crippen LogP contribution in [0.3, 0.4) is 0 Å². The Kier molecular flexibility index (Phi) is 3.39. The number of fused-ring (bicyclic) bond motifs is 1. The molecule has 5 nitrogen and oxygen atoms in total. The third-order valence-electron chi connectivity index (χ3n) is 3.29. The van der Waals surface area contributed by atoms with E-state index in [2.05, 4.69) is 5.32 Å². The molecule has 21 heavy (non-hydrogen) atoms. The lowest BCUT2D eigenvalue weighted by Gasteiger charge is -2.08. The number of aromatic hydroxyl groups is 1. The average Bonchev–Trinajstić information content (AvgIpc) is 2.94. The molecule has 0 atom stereocenters. The second-order valence-corrected chi connectivity index (χ2v) is 4.89. The molecule has 1 aliphatic rings. The predicted molar refractivity (Wildman–Crippen MR) is 76.6 cm³/mol. The van der Waals surface area contributed by atoms with Crippen LogP contribution >= 0.6 is 0 Å². The van der Waals surface area contributed by atoms with Gasteiger partial charge < -0.3 is 19.9 Å². The summed E-state index contributed by atoms with van der Waals surface area (Å²) in [5.41, 5.74) is 2.09. The number of rotatable bonds is 3. The number of benzene rings is 2. The zero-order chi connectivity index (χ0) is 14.8. The Labute approximate surface area is 122 Å². The molecule has 1 amide bonds. The van der Waals surface area contributed by atoms with Gasteiger partial charge in [-0.05, 0) is 36.8 Å². The topological polar surface area (TPSA) is 67.8 Å². The lowest BCUT2D eigenvalue weighted by Crippen LogP contribution is -2.22. The molecule has 3 rings (SSSR count). The largest absolute Gasteiger partial charge is 0.507 e. The van der Waals surface area contributed by atoms with Crippen molar-refractivity contribution in [2.45, 2.75) is 13.5 Å². The van der Waals surface area contributed by atoms with Crippen LogP contribution in [0.2, 0.25) is 0 Å². The number of hydrogen-bond donors (Lipinski definition) is 2. The Bertz CT molecular complexity index is 697. The highest BCUT2D eigenvalue weighted by molar-refractivity contribution is 5.96. The maximum absolute atomic E-state index is 12.1. The molecule has 2 aromatic carbocycles. The smallest absolute Gasteiger partial charge is 0.255 e. The quantitative estimate of drug-likeness (QED) is 0.908. The van der Waals surface area contributed by atoms with Gasteiger partial charge in [0.25, 0.3) is 5.91 Å². The number of carbonyl (C=O) groups is 1. The third kappa shape index (κ3) is 2.76. The van der Waals surface area contributed by atoms with Crippen LogP contribution in [0.1, 0.15) is 21.5 Å². The minimum absolute atomic E-state index is 0.0243. The number of phenolic OH excluding ortho intramolecular Hbond substituents is 1. The van der Waals surface area contributed by atoms with Crippen LogP contribution < -0.4 is 14.8 Å². The average molecular weight is 285 g/mol. The van der Waals surface area contributed by atoms with Crippen molar-refractivity contribution in [2.75, 3.05) is 6.79 Å². The summed E-state index contributed by atoms with van der Waals surface area (Å²) in [7, 11) is 0. The molecule has 0 bridgehead atoms. The fourth-order valence-electron chi connectivity index (χ4n) is 2.16. The molecule has 0 spiro atoms. The van der Waals surface area contributed by atoms with Gasteiger partial charge in [0.1, 0.15) is 5.75 Å². The number of amides is 1. The van der Waals surface area contributed by atoms with E-state index in [4.69, 9.17) is 9.47 Å². The molecule has 0 unspecified atom stereocenters. The fraction of sp³-hybridized carbons (Fsp3) is 0.188. The first-order valence-electron chi connectivity index (χ1n) is 6.60. The van der Waals surface area contributed by atoms with Gasteiger partial charge >= 0.3 is 0 Å². The molecule has 5 heteroatoms. The van der Waals surface area contributed by atoms with Crippen molar-refractivity contribution in [1.29, 1.82) is 0 Å². The van der Waals surface area contributed by atoms with Crippen molar-refractivity contribution in [3.63, 3.8) is 0 Å². The molecule has 0 radical (unpaired) electrons. The summed E-state index contributed by atoms with van der Waals surface area (Å²) in [6, 6.07) is 10.4. The van der Waals surface area contributed by atoms with Crippen LogP contribution in [0.5, 0.6) is 17.2 Å². The summed E-state index contributed by atoms with van der Waals surface area (Å²) in [5.74, 6) is 1.05. The highest BCUT2D eigenvalue weighted by atomic mass is 16.7. The Morgan fingerprint density at radius 2 is 2.00 bits per heavy atom. The predicted octanol–water partition coefficient (Wildman–Crippen LogP) is 2.36. The number of hydrogen-bond acceptors (Lipinski definition) is 4. The lowest BCUT2D eigenvalue weighted by atomic mass is 10.1. The Morgan fingerprint density at radius 1 is 1.19 bits per heavy atom. The monoisotopic (exact) mass is 285 g/mol. The van der Waals surface area contributed by atoms with Gasteiger partial charge in [-0.15, -0.1) is 0 Å². The van der Waals surface area contributed by atoms with E-state index in [0.717, 1.165) is 11.1 Å². The van der Waals surface area contributed by atoms with Crippen LogP contribution in [0.25, 0.3) is 0 Å². The molecule has 0 saturated heterocycles. The van der Waals surface area contributed by atoms with Crippen molar-refractivity contribution in [1.82, 2.24) is 5.32 Å². The van der Waals surface area contributed by atoms with Gasteiger partial charge in [0.15, 0.2) is 11.5 Å². The first kappa shape index (κ1) is 13.3. The molecule has 0 aromatic heterocycles. The van der Waals surface area contributed by atoms with Gasteiger partial charge in [-0.3, -0.25) is 4.79 Å². The third-order valence-corrected chi connectivity index (χ3v) is 3.29. The van der Waals surface area contributed by atoms with Crippen molar-refractivity contribution in [3.8, 4) is 17.2 Å². The minimum Gasteiger partial charge on any atom is -0.507 e. The zero-order valence-electron chi connectivity index (χ0n) is 11.6. The van der Waals surface area contributed by atoms with Gasteiger partial charge in [-0.25, -0.2) is 0 Å². The summed E-state index contributed by atoms with van der Waals surface area (Å²) in [6.07, 6.45) is 0. The first-order chi connectivity index (χ1) is 10.1. The van der Waals surface area contributed by atoms with Crippen LogP contribution in [0, 0.1) is 6.92 Å². The minimum atomic E-state index is -0.311. The fourth-order valence-corrected chi connectivity index (χ4v) is 2.16.